The molecule has 2 amide bonds. The van der Waals surface area contributed by atoms with E-state index in [0.29, 0.717) is 6.54 Å². The number of alkyl halides is 6. The summed E-state index contributed by atoms with van der Waals surface area (Å²) in [4.78, 5) is 54.1. The number of fused-ring (bicyclic) bond motifs is 1. The highest BCUT2D eigenvalue weighted by atomic mass is 19.4. The number of hydrogen-bond acceptors (Lipinski definition) is 6. The Kier molecular flexibility index (Phi) is 10.7. The van der Waals surface area contributed by atoms with E-state index in [-0.39, 0.29) is 22.6 Å². The van der Waals surface area contributed by atoms with Gasteiger partial charge in [-0.15, -0.1) is 0 Å². The van der Waals surface area contributed by atoms with Crippen molar-refractivity contribution in [3.8, 4) is 0 Å². The Labute approximate surface area is 231 Å². The zero-order valence-corrected chi connectivity index (χ0v) is 22.5. The molecule has 0 radical (unpaired) electrons. The molecule has 1 atom stereocenters. The third-order valence-electron chi connectivity index (χ3n) is 7.71. The van der Waals surface area contributed by atoms with Gasteiger partial charge in [0.2, 0.25) is 11.8 Å². The largest absolute Gasteiger partial charge is 0.490 e. The van der Waals surface area contributed by atoms with E-state index >= 15 is 0 Å². The lowest BCUT2D eigenvalue weighted by atomic mass is 9.60. The number of halogens is 6. The number of carbonyl (C=O) groups excluding carboxylic acids is 2. The summed E-state index contributed by atoms with van der Waals surface area (Å²) in [5, 5.41) is 14.2. The standard InChI is InChI=1S/C21H30N4O2.2C2HF3O2/c1-3-24-13-9-21(19(24)27)16-25(17(2)26)15-20(21)7-11-23(12-8-20)14-18-6-4-5-10-22-18;2*3-2(4,5)1(6)7/h4-6,10H,3,7-9,11-16H2,1-2H3;2*(H,6,7). The molecule has 16 heteroatoms. The zero-order chi connectivity index (χ0) is 31.2. The minimum atomic E-state index is -5.08. The molecule has 41 heavy (non-hydrogen) atoms. The van der Waals surface area contributed by atoms with Gasteiger partial charge in [0.05, 0.1) is 11.1 Å². The van der Waals surface area contributed by atoms with E-state index in [0.717, 1.165) is 64.2 Å². The Hall–Kier alpha value is -3.43. The molecule has 10 nitrogen and oxygen atoms in total. The van der Waals surface area contributed by atoms with Crippen LogP contribution < -0.4 is 0 Å². The van der Waals surface area contributed by atoms with Gasteiger partial charge in [-0.1, -0.05) is 6.07 Å². The number of amides is 2. The van der Waals surface area contributed by atoms with E-state index in [1.165, 1.54) is 0 Å². The van der Waals surface area contributed by atoms with Gasteiger partial charge in [-0.05, 0) is 51.4 Å². The molecule has 1 unspecified atom stereocenters. The number of pyridine rings is 1. The number of aliphatic carboxylic acids is 2. The van der Waals surface area contributed by atoms with Crippen LogP contribution in [0.5, 0.6) is 0 Å². The number of rotatable bonds is 3. The second kappa shape index (κ2) is 13.0. The van der Waals surface area contributed by atoms with Crippen LogP contribution in [0.2, 0.25) is 0 Å². The third kappa shape index (κ3) is 8.07. The van der Waals surface area contributed by atoms with Crippen molar-refractivity contribution in [3.05, 3.63) is 30.1 Å². The molecule has 4 heterocycles. The Morgan fingerprint density at radius 2 is 1.46 bits per heavy atom. The SMILES string of the molecule is CCN1CCC2(CN(C(C)=O)CC23CCN(Cc2ccccn2)CC3)C1=O.O=C(O)C(F)(F)F.O=C(O)C(F)(F)F. The highest BCUT2D eigenvalue weighted by molar-refractivity contribution is 5.88. The summed E-state index contributed by atoms with van der Waals surface area (Å²) >= 11 is 0. The Bertz CT molecular complexity index is 1070. The first-order valence-corrected chi connectivity index (χ1v) is 12.7. The van der Waals surface area contributed by atoms with E-state index in [1.807, 2.05) is 28.1 Å². The van der Waals surface area contributed by atoms with Gasteiger partial charge in [0.1, 0.15) is 0 Å². The quantitative estimate of drug-likeness (QED) is 0.508. The van der Waals surface area contributed by atoms with E-state index in [2.05, 4.69) is 22.9 Å². The van der Waals surface area contributed by atoms with Crippen molar-refractivity contribution >= 4 is 23.8 Å². The molecule has 0 aliphatic carbocycles. The molecule has 3 aliphatic heterocycles. The molecule has 0 aromatic carbocycles. The van der Waals surface area contributed by atoms with Crippen LogP contribution in [-0.2, 0) is 25.7 Å². The number of aromatic nitrogens is 1. The van der Waals surface area contributed by atoms with Crippen molar-refractivity contribution in [3.63, 3.8) is 0 Å². The van der Waals surface area contributed by atoms with Crippen molar-refractivity contribution in [1.82, 2.24) is 19.7 Å². The zero-order valence-electron chi connectivity index (χ0n) is 22.5. The van der Waals surface area contributed by atoms with Crippen LogP contribution in [-0.4, -0.2) is 105 Å². The van der Waals surface area contributed by atoms with Gasteiger partial charge in [-0.2, -0.15) is 26.3 Å². The normalized spacial score (nSPS) is 22.2. The highest BCUT2D eigenvalue weighted by Crippen LogP contribution is 2.57. The minimum Gasteiger partial charge on any atom is -0.475 e. The molecule has 1 aromatic heterocycles. The van der Waals surface area contributed by atoms with Crippen molar-refractivity contribution in [2.24, 2.45) is 10.8 Å². The molecule has 3 fully saturated rings. The van der Waals surface area contributed by atoms with Crippen LogP contribution in [0, 0.1) is 10.8 Å². The van der Waals surface area contributed by atoms with Crippen molar-refractivity contribution < 1.29 is 55.7 Å². The summed E-state index contributed by atoms with van der Waals surface area (Å²) < 4.78 is 63.5. The Morgan fingerprint density at radius 1 is 0.927 bits per heavy atom. The van der Waals surface area contributed by atoms with Crippen LogP contribution in [0.1, 0.15) is 38.8 Å². The highest BCUT2D eigenvalue weighted by Gasteiger charge is 2.65. The fourth-order valence-electron chi connectivity index (χ4n) is 5.56. The second-order valence-corrected chi connectivity index (χ2v) is 10.1. The average Bonchev–Trinajstić information content (AvgIpc) is 3.38. The Balaban J connectivity index is 0.000000349. The van der Waals surface area contributed by atoms with E-state index in [9.17, 15) is 35.9 Å². The number of carboxylic acids is 2. The number of hydrogen-bond donors (Lipinski definition) is 2. The third-order valence-corrected chi connectivity index (χ3v) is 7.71. The van der Waals surface area contributed by atoms with Crippen molar-refractivity contribution in [2.45, 2.75) is 52.0 Å². The molecule has 4 rings (SSSR count). The van der Waals surface area contributed by atoms with Gasteiger partial charge >= 0.3 is 24.3 Å². The predicted octanol–water partition coefficient (Wildman–Crippen LogP) is 3.03. The second-order valence-electron chi connectivity index (χ2n) is 10.1. The fourth-order valence-corrected chi connectivity index (χ4v) is 5.56. The summed E-state index contributed by atoms with van der Waals surface area (Å²) in [5.74, 6) is -5.13. The Morgan fingerprint density at radius 3 is 1.85 bits per heavy atom. The van der Waals surface area contributed by atoms with E-state index in [4.69, 9.17) is 19.8 Å². The molecule has 1 aromatic rings. The summed E-state index contributed by atoms with van der Waals surface area (Å²) in [5.41, 5.74) is 0.653. The number of carboxylic acid groups (broad SMARTS) is 2. The lowest BCUT2D eigenvalue weighted by Gasteiger charge is -2.46. The molecule has 230 valence electrons. The van der Waals surface area contributed by atoms with Gasteiger partial charge in [-0.3, -0.25) is 19.5 Å². The maximum atomic E-state index is 13.3. The first-order valence-electron chi connectivity index (χ1n) is 12.7. The van der Waals surface area contributed by atoms with Gasteiger partial charge in [0, 0.05) is 51.3 Å². The smallest absolute Gasteiger partial charge is 0.475 e. The summed E-state index contributed by atoms with van der Waals surface area (Å²) in [6.07, 6.45) is -5.47. The minimum absolute atomic E-state index is 0.0692. The lowest BCUT2D eigenvalue weighted by molar-refractivity contribution is -0.193. The summed E-state index contributed by atoms with van der Waals surface area (Å²) in [6, 6.07) is 6.04. The molecule has 0 saturated carbocycles. The lowest BCUT2D eigenvalue weighted by Crippen LogP contribution is -2.52. The number of carbonyl (C=O) groups is 4. The first kappa shape index (κ1) is 33.8. The number of nitrogens with zero attached hydrogens (tertiary/aromatic N) is 4. The molecule has 0 bridgehead atoms. The summed E-state index contributed by atoms with van der Waals surface area (Å²) in [6.45, 7) is 9.42. The van der Waals surface area contributed by atoms with E-state index < -0.39 is 24.3 Å². The van der Waals surface area contributed by atoms with Gasteiger partial charge < -0.3 is 20.0 Å². The average molecular weight is 599 g/mol. The molecule has 3 aliphatic rings. The van der Waals surface area contributed by atoms with Crippen LogP contribution >= 0.6 is 0 Å². The predicted molar refractivity (Wildman–Crippen MR) is 130 cm³/mol. The molecular weight excluding hydrogens is 566 g/mol. The van der Waals surface area contributed by atoms with Crippen LogP contribution in [0.25, 0.3) is 0 Å². The summed E-state index contributed by atoms with van der Waals surface area (Å²) in [7, 11) is 0. The molecular formula is C25H32F6N4O6. The van der Waals surface area contributed by atoms with Crippen LogP contribution in [0.3, 0.4) is 0 Å². The topological polar surface area (TPSA) is 131 Å². The fraction of sp³-hybridized carbons (Fsp3) is 0.640. The monoisotopic (exact) mass is 598 g/mol. The molecule has 2 spiro atoms. The maximum absolute atomic E-state index is 13.3. The number of likely N-dealkylation sites (tertiary alicyclic amines) is 3. The van der Waals surface area contributed by atoms with Crippen LogP contribution in [0.15, 0.2) is 24.4 Å². The van der Waals surface area contributed by atoms with Gasteiger partial charge in [-0.25, -0.2) is 9.59 Å². The number of piperidine rings is 1. The molecule has 3 saturated heterocycles. The maximum Gasteiger partial charge on any atom is 0.490 e. The van der Waals surface area contributed by atoms with Crippen LogP contribution in [0.4, 0.5) is 26.3 Å². The van der Waals surface area contributed by atoms with Crippen molar-refractivity contribution in [1.29, 1.82) is 0 Å². The van der Waals surface area contributed by atoms with Gasteiger partial charge in [0.15, 0.2) is 0 Å². The van der Waals surface area contributed by atoms with E-state index in [1.54, 1.807) is 6.92 Å². The first-order chi connectivity index (χ1) is 18.9. The van der Waals surface area contributed by atoms with Crippen molar-refractivity contribution in [2.75, 3.05) is 39.3 Å². The molecule has 2 N–H and O–H groups in total. The van der Waals surface area contributed by atoms with Gasteiger partial charge in [0.25, 0.3) is 0 Å².